The van der Waals surface area contributed by atoms with Crippen molar-refractivity contribution in [2.75, 3.05) is 7.11 Å². The van der Waals surface area contributed by atoms with Crippen molar-refractivity contribution in [2.45, 2.75) is 19.8 Å². The number of carbonyl (C=O) groups excluding carboxylic acids is 3. The van der Waals surface area contributed by atoms with Gasteiger partial charge in [0.15, 0.2) is 5.78 Å². The van der Waals surface area contributed by atoms with Gasteiger partial charge in [-0.05, 0) is 37.3 Å². The number of hydrogen-bond donors (Lipinski definition) is 2. The summed E-state index contributed by atoms with van der Waals surface area (Å²) in [6.45, 7) is 1.91. The van der Waals surface area contributed by atoms with Gasteiger partial charge in [-0.25, -0.2) is 0 Å². The Labute approximate surface area is 154 Å². The standard InChI is InChI=1S/C17H17ClN2O4S/c1-10-3-7-15(25-10)13(21)6-8-16(22)19-20-17(23)12-5-4-11(18)9-14(12)24-2/h3-5,7,9H,6,8H2,1-2H3,(H,19,22)(H,20,23). The zero-order valence-electron chi connectivity index (χ0n) is 13.7. The van der Waals surface area contributed by atoms with Gasteiger partial charge >= 0.3 is 0 Å². The second-order valence-electron chi connectivity index (χ2n) is 5.18. The molecular weight excluding hydrogens is 364 g/mol. The van der Waals surface area contributed by atoms with Gasteiger partial charge in [0.2, 0.25) is 5.91 Å². The third-order valence-electron chi connectivity index (χ3n) is 3.32. The quantitative estimate of drug-likeness (QED) is 0.595. The summed E-state index contributed by atoms with van der Waals surface area (Å²) in [4.78, 5) is 37.5. The lowest BCUT2D eigenvalue weighted by atomic mass is 10.2. The van der Waals surface area contributed by atoms with E-state index in [2.05, 4.69) is 10.9 Å². The Bertz CT molecular complexity index is 804. The van der Waals surface area contributed by atoms with Gasteiger partial charge in [-0.15, -0.1) is 11.3 Å². The highest BCUT2D eigenvalue weighted by molar-refractivity contribution is 7.14. The van der Waals surface area contributed by atoms with E-state index in [-0.39, 0.29) is 24.2 Å². The fraction of sp³-hybridized carbons (Fsp3) is 0.235. The Morgan fingerprint density at radius 3 is 2.52 bits per heavy atom. The Hall–Kier alpha value is -2.38. The minimum absolute atomic E-state index is 0.0200. The molecule has 0 unspecified atom stereocenters. The molecule has 0 atom stereocenters. The maximum absolute atomic E-state index is 12.1. The molecular formula is C17H17ClN2O4S. The summed E-state index contributed by atoms with van der Waals surface area (Å²) in [7, 11) is 1.42. The van der Waals surface area contributed by atoms with Gasteiger partial charge in [0.05, 0.1) is 17.6 Å². The van der Waals surface area contributed by atoms with Crippen LogP contribution in [-0.4, -0.2) is 24.7 Å². The van der Waals surface area contributed by atoms with Crippen LogP contribution in [0.15, 0.2) is 30.3 Å². The highest BCUT2D eigenvalue weighted by atomic mass is 35.5. The number of benzene rings is 1. The van der Waals surface area contributed by atoms with Crippen LogP contribution in [0.5, 0.6) is 5.75 Å². The molecule has 2 rings (SSSR count). The van der Waals surface area contributed by atoms with E-state index in [0.717, 1.165) is 4.88 Å². The van der Waals surface area contributed by atoms with Gasteiger partial charge in [-0.2, -0.15) is 0 Å². The molecule has 0 aliphatic rings. The highest BCUT2D eigenvalue weighted by Crippen LogP contribution is 2.22. The second kappa shape index (κ2) is 8.64. The summed E-state index contributed by atoms with van der Waals surface area (Å²) in [5.41, 5.74) is 4.81. The molecule has 2 aromatic rings. The summed E-state index contributed by atoms with van der Waals surface area (Å²) >= 11 is 7.23. The van der Waals surface area contributed by atoms with Crippen LogP contribution in [0.4, 0.5) is 0 Å². The molecule has 0 saturated carbocycles. The number of ether oxygens (including phenoxy) is 1. The fourth-order valence-electron chi connectivity index (χ4n) is 2.04. The third kappa shape index (κ3) is 5.30. The van der Waals surface area contributed by atoms with E-state index in [9.17, 15) is 14.4 Å². The van der Waals surface area contributed by atoms with E-state index in [4.69, 9.17) is 16.3 Å². The summed E-state index contributed by atoms with van der Waals surface area (Å²) in [6, 6.07) is 8.14. The van der Waals surface area contributed by atoms with Crippen molar-refractivity contribution in [3.8, 4) is 5.75 Å². The number of ketones is 1. The Kier molecular flexibility index (Phi) is 6.55. The predicted molar refractivity (Wildman–Crippen MR) is 96.2 cm³/mol. The van der Waals surface area contributed by atoms with Gasteiger partial charge in [-0.3, -0.25) is 25.2 Å². The van der Waals surface area contributed by atoms with Crippen LogP contribution in [0.25, 0.3) is 0 Å². The van der Waals surface area contributed by atoms with Gasteiger partial charge in [0.1, 0.15) is 5.75 Å². The average Bonchev–Trinajstić information content (AvgIpc) is 3.03. The topological polar surface area (TPSA) is 84.5 Å². The first kappa shape index (κ1) is 19.0. The molecule has 0 saturated heterocycles. The SMILES string of the molecule is COc1cc(Cl)ccc1C(=O)NNC(=O)CCC(=O)c1ccc(C)s1. The molecule has 1 aromatic heterocycles. The van der Waals surface area contributed by atoms with Crippen LogP contribution in [0.2, 0.25) is 5.02 Å². The molecule has 2 amide bonds. The van der Waals surface area contributed by atoms with Crippen LogP contribution in [0.3, 0.4) is 0 Å². The zero-order valence-corrected chi connectivity index (χ0v) is 15.3. The molecule has 8 heteroatoms. The van der Waals surface area contributed by atoms with E-state index in [0.29, 0.717) is 15.6 Å². The maximum Gasteiger partial charge on any atom is 0.273 e. The first-order valence-corrected chi connectivity index (χ1v) is 8.62. The van der Waals surface area contributed by atoms with Crippen LogP contribution in [0.1, 0.15) is 37.7 Å². The van der Waals surface area contributed by atoms with E-state index < -0.39 is 11.8 Å². The minimum Gasteiger partial charge on any atom is -0.496 e. The summed E-state index contributed by atoms with van der Waals surface area (Å²) in [5.74, 6) is -0.800. The first-order valence-electron chi connectivity index (χ1n) is 7.43. The predicted octanol–water partition coefficient (Wildman–Crippen LogP) is 3.14. The Morgan fingerprint density at radius 1 is 1.12 bits per heavy atom. The molecule has 0 aliphatic heterocycles. The van der Waals surface area contributed by atoms with E-state index in [1.165, 1.54) is 30.6 Å². The van der Waals surface area contributed by atoms with E-state index in [1.54, 1.807) is 12.1 Å². The maximum atomic E-state index is 12.1. The number of Topliss-reactive ketones (excluding diaryl/α,β-unsaturated/α-hetero) is 1. The number of amides is 2. The van der Waals surface area contributed by atoms with E-state index in [1.807, 2.05) is 13.0 Å². The summed E-state index contributed by atoms with van der Waals surface area (Å²) < 4.78 is 5.08. The number of methoxy groups -OCH3 is 1. The van der Waals surface area contributed by atoms with Crippen molar-refractivity contribution in [1.82, 2.24) is 10.9 Å². The Balaban J connectivity index is 1.83. The van der Waals surface area contributed by atoms with Crippen molar-refractivity contribution in [3.05, 3.63) is 50.7 Å². The van der Waals surface area contributed by atoms with Crippen molar-refractivity contribution < 1.29 is 19.1 Å². The smallest absolute Gasteiger partial charge is 0.273 e. The van der Waals surface area contributed by atoms with Crippen LogP contribution in [-0.2, 0) is 4.79 Å². The number of aryl methyl sites for hydroxylation is 1. The molecule has 132 valence electrons. The number of hydrazine groups is 1. The number of thiophene rings is 1. The van der Waals surface area contributed by atoms with Gasteiger partial charge in [-0.1, -0.05) is 11.6 Å². The normalized spacial score (nSPS) is 10.2. The van der Waals surface area contributed by atoms with Crippen LogP contribution < -0.4 is 15.6 Å². The molecule has 0 aliphatic carbocycles. The molecule has 2 N–H and O–H groups in total. The van der Waals surface area contributed by atoms with E-state index >= 15 is 0 Å². The molecule has 0 fully saturated rings. The monoisotopic (exact) mass is 380 g/mol. The molecule has 25 heavy (non-hydrogen) atoms. The summed E-state index contributed by atoms with van der Waals surface area (Å²) in [6.07, 6.45) is 0.0553. The number of nitrogens with one attached hydrogen (secondary N) is 2. The minimum atomic E-state index is -0.540. The number of halogens is 1. The Morgan fingerprint density at radius 2 is 1.88 bits per heavy atom. The van der Waals surface area contributed by atoms with Gasteiger partial charge in [0.25, 0.3) is 5.91 Å². The molecule has 1 aromatic carbocycles. The zero-order chi connectivity index (χ0) is 18.4. The third-order valence-corrected chi connectivity index (χ3v) is 4.59. The average molecular weight is 381 g/mol. The molecule has 6 nitrogen and oxygen atoms in total. The lowest BCUT2D eigenvalue weighted by Gasteiger charge is -2.10. The second-order valence-corrected chi connectivity index (χ2v) is 6.90. The highest BCUT2D eigenvalue weighted by Gasteiger charge is 2.15. The lowest BCUT2D eigenvalue weighted by Crippen LogP contribution is -2.41. The molecule has 0 radical (unpaired) electrons. The van der Waals surface area contributed by atoms with Crippen molar-refractivity contribution >= 4 is 40.5 Å². The van der Waals surface area contributed by atoms with Crippen LogP contribution in [0, 0.1) is 6.92 Å². The van der Waals surface area contributed by atoms with Crippen molar-refractivity contribution in [3.63, 3.8) is 0 Å². The van der Waals surface area contributed by atoms with Gasteiger partial charge < -0.3 is 4.74 Å². The summed E-state index contributed by atoms with van der Waals surface area (Å²) in [5, 5.41) is 0.430. The molecule has 0 bridgehead atoms. The molecule has 1 heterocycles. The number of hydrogen-bond acceptors (Lipinski definition) is 5. The fourth-order valence-corrected chi connectivity index (χ4v) is 3.04. The van der Waals surface area contributed by atoms with Gasteiger partial charge in [0, 0.05) is 22.7 Å². The number of carbonyl (C=O) groups is 3. The van der Waals surface area contributed by atoms with Crippen LogP contribution >= 0.6 is 22.9 Å². The lowest BCUT2D eigenvalue weighted by molar-refractivity contribution is -0.121. The van der Waals surface area contributed by atoms with Crippen molar-refractivity contribution in [2.24, 2.45) is 0 Å². The number of rotatable bonds is 6. The van der Waals surface area contributed by atoms with Crippen molar-refractivity contribution in [1.29, 1.82) is 0 Å². The first-order chi connectivity index (χ1) is 11.9. The largest absolute Gasteiger partial charge is 0.496 e. The molecule has 0 spiro atoms.